The van der Waals surface area contributed by atoms with Crippen LogP contribution in [0.2, 0.25) is 0 Å². The van der Waals surface area contributed by atoms with Gasteiger partial charge in [0.1, 0.15) is 0 Å². The van der Waals surface area contributed by atoms with Crippen LogP contribution in [0.5, 0.6) is 0 Å². The molecular formula is C15H18N2. The Morgan fingerprint density at radius 3 is 2.88 bits per heavy atom. The molecule has 0 spiro atoms. The minimum Gasteiger partial charge on any atom is -0.347 e. The second-order valence-corrected chi connectivity index (χ2v) is 5.66. The zero-order chi connectivity index (χ0) is 11.6. The van der Waals surface area contributed by atoms with Crippen LogP contribution < -0.4 is 5.73 Å². The fourth-order valence-electron chi connectivity index (χ4n) is 4.13. The summed E-state index contributed by atoms with van der Waals surface area (Å²) in [5.41, 5.74) is 10.8. The number of aryl methyl sites for hydroxylation is 1. The van der Waals surface area contributed by atoms with E-state index in [0.29, 0.717) is 17.9 Å². The van der Waals surface area contributed by atoms with Gasteiger partial charge in [0, 0.05) is 35.6 Å². The highest BCUT2D eigenvalue weighted by Crippen LogP contribution is 2.51. The molecular weight excluding hydrogens is 208 g/mol. The predicted octanol–water partition coefficient (Wildman–Crippen LogP) is 2.87. The molecule has 0 saturated heterocycles. The highest BCUT2D eigenvalue weighted by atomic mass is 15.0. The van der Waals surface area contributed by atoms with Crippen LogP contribution in [-0.4, -0.2) is 10.6 Å². The lowest BCUT2D eigenvalue weighted by Gasteiger charge is -2.41. The Balaban J connectivity index is 2.11. The van der Waals surface area contributed by atoms with Crippen LogP contribution in [0.25, 0.3) is 10.9 Å². The van der Waals surface area contributed by atoms with E-state index < -0.39 is 0 Å². The molecule has 2 heteroatoms. The molecule has 5 rings (SSSR count). The van der Waals surface area contributed by atoms with Crippen molar-refractivity contribution in [3.05, 3.63) is 35.5 Å². The van der Waals surface area contributed by atoms with Gasteiger partial charge >= 0.3 is 0 Å². The van der Waals surface area contributed by atoms with Crippen molar-refractivity contribution in [1.82, 2.24) is 4.57 Å². The molecule has 1 fully saturated rings. The Morgan fingerprint density at radius 2 is 2.06 bits per heavy atom. The van der Waals surface area contributed by atoms with Crippen molar-refractivity contribution < 1.29 is 0 Å². The highest BCUT2D eigenvalue weighted by molar-refractivity contribution is 5.87. The van der Waals surface area contributed by atoms with E-state index >= 15 is 0 Å². The van der Waals surface area contributed by atoms with Crippen LogP contribution >= 0.6 is 0 Å². The molecule has 3 aliphatic carbocycles. The highest BCUT2D eigenvalue weighted by Gasteiger charge is 2.41. The lowest BCUT2D eigenvalue weighted by atomic mass is 9.67. The van der Waals surface area contributed by atoms with Gasteiger partial charge in [0.2, 0.25) is 0 Å². The quantitative estimate of drug-likeness (QED) is 0.735. The summed E-state index contributed by atoms with van der Waals surface area (Å²) in [6, 6.07) is 9.18. The van der Waals surface area contributed by atoms with Gasteiger partial charge in [0.15, 0.2) is 0 Å². The van der Waals surface area contributed by atoms with Crippen molar-refractivity contribution in [1.29, 1.82) is 0 Å². The third kappa shape index (κ3) is 1.09. The van der Waals surface area contributed by atoms with Crippen molar-refractivity contribution in [3.8, 4) is 0 Å². The molecule has 17 heavy (non-hydrogen) atoms. The van der Waals surface area contributed by atoms with E-state index in [-0.39, 0.29) is 0 Å². The number of benzene rings is 1. The Hall–Kier alpha value is -1.28. The summed E-state index contributed by atoms with van der Waals surface area (Å²) in [7, 11) is 2.20. The van der Waals surface area contributed by atoms with Gasteiger partial charge in [-0.15, -0.1) is 0 Å². The van der Waals surface area contributed by atoms with E-state index in [4.69, 9.17) is 5.73 Å². The first-order chi connectivity index (χ1) is 8.27. The maximum absolute atomic E-state index is 6.31. The zero-order valence-corrected chi connectivity index (χ0v) is 10.2. The van der Waals surface area contributed by atoms with Crippen molar-refractivity contribution >= 4 is 10.9 Å². The predicted molar refractivity (Wildman–Crippen MR) is 70.2 cm³/mol. The minimum absolute atomic E-state index is 0.379. The van der Waals surface area contributed by atoms with Crippen LogP contribution in [0.4, 0.5) is 0 Å². The first-order valence-corrected chi connectivity index (χ1v) is 6.60. The monoisotopic (exact) mass is 226 g/mol. The summed E-state index contributed by atoms with van der Waals surface area (Å²) in [6.45, 7) is 0. The largest absolute Gasteiger partial charge is 0.347 e. The summed E-state index contributed by atoms with van der Waals surface area (Å²) in [4.78, 5) is 0. The van der Waals surface area contributed by atoms with E-state index in [9.17, 15) is 0 Å². The number of para-hydroxylation sites is 1. The lowest BCUT2D eigenvalue weighted by molar-refractivity contribution is 0.305. The number of hydrogen-bond acceptors (Lipinski definition) is 1. The SMILES string of the molecule is Cn1c2c(c3ccccc31)C1CCC2C(N)C1. The number of hydrogen-bond donors (Lipinski definition) is 1. The van der Waals surface area contributed by atoms with Crippen molar-refractivity contribution in [2.24, 2.45) is 12.8 Å². The minimum atomic E-state index is 0.379. The smallest absolute Gasteiger partial charge is 0.0482 e. The topological polar surface area (TPSA) is 30.9 Å². The van der Waals surface area contributed by atoms with Gasteiger partial charge in [-0.1, -0.05) is 18.2 Å². The summed E-state index contributed by atoms with van der Waals surface area (Å²) in [6.07, 6.45) is 3.80. The molecule has 3 atom stereocenters. The van der Waals surface area contributed by atoms with Gasteiger partial charge in [-0.05, 0) is 36.8 Å². The van der Waals surface area contributed by atoms with Crippen molar-refractivity contribution in [2.45, 2.75) is 37.1 Å². The van der Waals surface area contributed by atoms with Crippen molar-refractivity contribution in [3.63, 3.8) is 0 Å². The third-order valence-electron chi connectivity index (χ3n) is 4.85. The molecule has 1 aromatic heterocycles. The molecule has 2 N–H and O–H groups in total. The fraction of sp³-hybridized carbons (Fsp3) is 0.467. The molecule has 2 nitrogen and oxygen atoms in total. The number of nitrogens with two attached hydrogens (primary N) is 1. The fourth-order valence-corrected chi connectivity index (χ4v) is 4.13. The van der Waals surface area contributed by atoms with E-state index in [1.54, 1.807) is 5.56 Å². The van der Waals surface area contributed by atoms with Gasteiger partial charge in [0.25, 0.3) is 0 Å². The number of rotatable bonds is 0. The third-order valence-corrected chi connectivity index (χ3v) is 4.85. The number of fused-ring (bicyclic) bond motifs is 3. The summed E-state index contributed by atoms with van der Waals surface area (Å²) >= 11 is 0. The number of nitrogens with zero attached hydrogens (tertiary/aromatic N) is 1. The molecule has 2 aromatic rings. The van der Waals surface area contributed by atoms with Crippen LogP contribution in [0.1, 0.15) is 42.4 Å². The number of aromatic nitrogens is 1. The Morgan fingerprint density at radius 1 is 1.24 bits per heavy atom. The van der Waals surface area contributed by atoms with E-state index in [1.165, 1.54) is 35.9 Å². The summed E-state index contributed by atoms with van der Waals surface area (Å²) in [5, 5.41) is 1.46. The van der Waals surface area contributed by atoms with Crippen LogP contribution in [0.15, 0.2) is 24.3 Å². The molecule has 0 amide bonds. The first kappa shape index (κ1) is 9.72. The van der Waals surface area contributed by atoms with Crippen LogP contribution in [0.3, 0.4) is 0 Å². The molecule has 88 valence electrons. The Bertz CT molecular complexity index is 596. The van der Waals surface area contributed by atoms with E-state index in [0.717, 1.165) is 0 Å². The molecule has 0 aliphatic heterocycles. The summed E-state index contributed by atoms with van der Waals surface area (Å²) < 4.78 is 2.39. The van der Waals surface area contributed by atoms with Gasteiger partial charge < -0.3 is 10.3 Å². The van der Waals surface area contributed by atoms with E-state index in [2.05, 4.69) is 35.9 Å². The first-order valence-electron chi connectivity index (χ1n) is 6.60. The summed E-state index contributed by atoms with van der Waals surface area (Å²) in [5.74, 6) is 1.29. The van der Waals surface area contributed by atoms with Gasteiger partial charge in [0.05, 0.1) is 0 Å². The normalized spacial score (nSPS) is 30.8. The molecule has 3 unspecified atom stereocenters. The standard InChI is InChI=1S/C15H18N2/c1-17-13-5-3-2-4-11(13)14-9-6-7-10(15(14)17)12(16)8-9/h2-5,9-10,12H,6-8,16H2,1H3. The van der Waals surface area contributed by atoms with E-state index in [1.807, 2.05) is 0 Å². The van der Waals surface area contributed by atoms with Crippen LogP contribution in [0, 0.1) is 0 Å². The molecule has 2 bridgehead atoms. The Labute approximate surface area is 101 Å². The maximum atomic E-state index is 6.31. The average Bonchev–Trinajstić information content (AvgIpc) is 2.67. The van der Waals surface area contributed by atoms with Gasteiger partial charge in [-0.25, -0.2) is 0 Å². The maximum Gasteiger partial charge on any atom is 0.0482 e. The molecule has 1 saturated carbocycles. The van der Waals surface area contributed by atoms with Crippen molar-refractivity contribution in [2.75, 3.05) is 0 Å². The average molecular weight is 226 g/mol. The molecule has 1 aromatic carbocycles. The second kappa shape index (κ2) is 3.14. The zero-order valence-electron chi connectivity index (χ0n) is 10.2. The molecule has 3 aliphatic rings. The second-order valence-electron chi connectivity index (χ2n) is 5.66. The molecule has 1 heterocycles. The van der Waals surface area contributed by atoms with Crippen LogP contribution in [-0.2, 0) is 7.05 Å². The lowest BCUT2D eigenvalue weighted by Crippen LogP contribution is -2.40. The Kier molecular flexibility index (Phi) is 1.79. The van der Waals surface area contributed by atoms with Gasteiger partial charge in [-0.2, -0.15) is 0 Å². The van der Waals surface area contributed by atoms with Gasteiger partial charge in [-0.3, -0.25) is 0 Å². The molecule has 0 radical (unpaired) electrons.